The standard InChI is InChI=1S/C14H28N2O3/c1-4-19-10-13(17)9-16-7-5-12(6-8-16)15-14(18)11(2)3/h11-13,17H,4-10H2,1-3H3,(H,15,18)/t13-/m0/s1. The van der Waals surface area contributed by atoms with Crippen molar-refractivity contribution >= 4 is 5.91 Å². The first kappa shape index (κ1) is 16.4. The molecule has 0 aromatic rings. The number of hydrogen-bond acceptors (Lipinski definition) is 4. The molecule has 0 unspecified atom stereocenters. The summed E-state index contributed by atoms with van der Waals surface area (Å²) in [5.41, 5.74) is 0. The lowest BCUT2D eigenvalue weighted by Gasteiger charge is -2.33. The number of nitrogens with one attached hydrogen (secondary N) is 1. The summed E-state index contributed by atoms with van der Waals surface area (Å²) in [4.78, 5) is 13.8. The molecule has 0 aromatic carbocycles. The van der Waals surface area contributed by atoms with Crippen molar-refractivity contribution in [3.8, 4) is 0 Å². The third-order valence-corrected chi connectivity index (χ3v) is 3.44. The minimum Gasteiger partial charge on any atom is -0.389 e. The van der Waals surface area contributed by atoms with Crippen molar-refractivity contribution in [3.63, 3.8) is 0 Å². The normalized spacial score (nSPS) is 19.6. The van der Waals surface area contributed by atoms with Gasteiger partial charge >= 0.3 is 0 Å². The Morgan fingerprint density at radius 2 is 2.05 bits per heavy atom. The van der Waals surface area contributed by atoms with E-state index in [0.717, 1.165) is 25.9 Å². The lowest BCUT2D eigenvalue weighted by molar-refractivity contribution is -0.125. The Hall–Kier alpha value is -0.650. The number of carbonyl (C=O) groups excluding carboxylic acids is 1. The minimum atomic E-state index is -0.415. The minimum absolute atomic E-state index is 0.0473. The molecule has 0 spiro atoms. The van der Waals surface area contributed by atoms with E-state index in [4.69, 9.17) is 4.74 Å². The molecule has 1 aliphatic rings. The van der Waals surface area contributed by atoms with Gasteiger partial charge in [-0.3, -0.25) is 4.79 Å². The first-order valence-corrected chi connectivity index (χ1v) is 7.31. The van der Waals surface area contributed by atoms with Crippen LogP contribution < -0.4 is 5.32 Å². The molecular formula is C14H28N2O3. The molecule has 0 aliphatic carbocycles. The van der Waals surface area contributed by atoms with Crippen molar-refractivity contribution in [2.75, 3.05) is 32.8 Å². The summed E-state index contributed by atoms with van der Waals surface area (Å²) >= 11 is 0. The molecular weight excluding hydrogens is 244 g/mol. The lowest BCUT2D eigenvalue weighted by Crippen LogP contribution is -2.47. The summed E-state index contributed by atoms with van der Waals surface area (Å²) in [6.45, 7) is 9.29. The average molecular weight is 272 g/mol. The van der Waals surface area contributed by atoms with E-state index in [9.17, 15) is 9.90 Å². The SMILES string of the molecule is CCOC[C@@H](O)CN1CCC(NC(=O)C(C)C)CC1. The summed E-state index contributed by atoms with van der Waals surface area (Å²) < 4.78 is 5.20. The van der Waals surface area contributed by atoms with Crippen LogP contribution >= 0.6 is 0 Å². The molecule has 1 atom stereocenters. The van der Waals surface area contributed by atoms with Crippen molar-refractivity contribution in [1.82, 2.24) is 10.2 Å². The van der Waals surface area contributed by atoms with E-state index in [1.54, 1.807) is 0 Å². The molecule has 1 rings (SSSR count). The molecule has 1 heterocycles. The zero-order valence-electron chi connectivity index (χ0n) is 12.4. The quantitative estimate of drug-likeness (QED) is 0.713. The number of nitrogens with zero attached hydrogens (tertiary/aromatic N) is 1. The van der Waals surface area contributed by atoms with Gasteiger partial charge in [-0.05, 0) is 19.8 Å². The molecule has 112 valence electrons. The second-order valence-electron chi connectivity index (χ2n) is 5.55. The molecule has 1 aliphatic heterocycles. The topological polar surface area (TPSA) is 61.8 Å². The molecule has 19 heavy (non-hydrogen) atoms. The molecule has 0 aromatic heterocycles. The predicted octanol–water partition coefficient (Wildman–Crippen LogP) is 0.620. The van der Waals surface area contributed by atoms with Crippen LogP contribution in [0.15, 0.2) is 0 Å². The van der Waals surface area contributed by atoms with E-state index in [1.165, 1.54) is 0 Å². The Morgan fingerprint density at radius 3 is 2.58 bits per heavy atom. The Kier molecular flexibility index (Phi) is 7.34. The maximum atomic E-state index is 11.6. The van der Waals surface area contributed by atoms with Crippen LogP contribution in [0.3, 0.4) is 0 Å². The van der Waals surface area contributed by atoms with Gasteiger partial charge in [-0.1, -0.05) is 13.8 Å². The summed E-state index contributed by atoms with van der Waals surface area (Å²) in [5, 5.41) is 12.9. The van der Waals surface area contributed by atoms with Crippen LogP contribution in [0.1, 0.15) is 33.6 Å². The van der Waals surface area contributed by atoms with Crippen molar-refractivity contribution < 1.29 is 14.6 Å². The Bertz CT molecular complexity index is 263. The third kappa shape index (κ3) is 6.36. The van der Waals surface area contributed by atoms with Gasteiger partial charge in [0.15, 0.2) is 0 Å². The smallest absolute Gasteiger partial charge is 0.222 e. The van der Waals surface area contributed by atoms with Crippen LogP contribution in [0, 0.1) is 5.92 Å². The van der Waals surface area contributed by atoms with E-state index in [1.807, 2.05) is 20.8 Å². The Labute approximate surface area is 116 Å². The van der Waals surface area contributed by atoms with Crippen molar-refractivity contribution in [2.24, 2.45) is 5.92 Å². The van der Waals surface area contributed by atoms with Gasteiger partial charge in [-0.2, -0.15) is 0 Å². The van der Waals surface area contributed by atoms with E-state index < -0.39 is 6.10 Å². The highest BCUT2D eigenvalue weighted by Gasteiger charge is 2.22. The van der Waals surface area contributed by atoms with E-state index in [0.29, 0.717) is 19.8 Å². The lowest BCUT2D eigenvalue weighted by atomic mass is 10.0. The Balaban J connectivity index is 2.19. The third-order valence-electron chi connectivity index (χ3n) is 3.44. The highest BCUT2D eigenvalue weighted by atomic mass is 16.5. The number of β-amino-alcohol motifs (C(OH)–C–C–N with tert-alkyl or cyclic N) is 1. The number of likely N-dealkylation sites (tertiary alicyclic amines) is 1. The van der Waals surface area contributed by atoms with Gasteiger partial charge in [-0.15, -0.1) is 0 Å². The summed E-state index contributed by atoms with van der Waals surface area (Å²) in [6.07, 6.45) is 1.50. The second-order valence-corrected chi connectivity index (χ2v) is 5.55. The molecule has 5 heteroatoms. The second kappa shape index (κ2) is 8.51. The number of rotatable bonds is 7. The van der Waals surface area contributed by atoms with Crippen LogP contribution in [-0.4, -0.2) is 60.9 Å². The van der Waals surface area contributed by atoms with Crippen molar-refractivity contribution in [3.05, 3.63) is 0 Å². The van der Waals surface area contributed by atoms with E-state index in [2.05, 4.69) is 10.2 Å². The first-order valence-electron chi connectivity index (χ1n) is 7.31. The van der Waals surface area contributed by atoms with Gasteiger partial charge in [0, 0.05) is 38.2 Å². The molecule has 0 radical (unpaired) electrons. The molecule has 0 saturated carbocycles. The summed E-state index contributed by atoms with van der Waals surface area (Å²) in [6, 6.07) is 0.287. The highest BCUT2D eigenvalue weighted by Crippen LogP contribution is 2.11. The average Bonchev–Trinajstić information content (AvgIpc) is 2.38. The fourth-order valence-electron chi connectivity index (χ4n) is 2.23. The summed E-state index contributed by atoms with van der Waals surface area (Å²) in [5.74, 6) is 0.181. The first-order chi connectivity index (χ1) is 9.02. The monoisotopic (exact) mass is 272 g/mol. The molecule has 1 amide bonds. The fraction of sp³-hybridized carbons (Fsp3) is 0.929. The molecule has 5 nitrogen and oxygen atoms in total. The zero-order chi connectivity index (χ0) is 14.3. The number of ether oxygens (including phenoxy) is 1. The van der Waals surface area contributed by atoms with Crippen molar-refractivity contribution in [1.29, 1.82) is 0 Å². The molecule has 1 saturated heterocycles. The number of aliphatic hydroxyl groups is 1. The maximum absolute atomic E-state index is 11.6. The van der Waals surface area contributed by atoms with Gasteiger partial charge in [0.2, 0.25) is 5.91 Å². The van der Waals surface area contributed by atoms with Crippen LogP contribution in [-0.2, 0) is 9.53 Å². The number of aliphatic hydroxyl groups excluding tert-OH is 1. The predicted molar refractivity (Wildman–Crippen MR) is 74.9 cm³/mol. The molecule has 1 fully saturated rings. The van der Waals surface area contributed by atoms with Gasteiger partial charge in [0.1, 0.15) is 0 Å². The van der Waals surface area contributed by atoms with Gasteiger partial charge in [0.05, 0.1) is 12.7 Å². The largest absolute Gasteiger partial charge is 0.389 e. The number of carbonyl (C=O) groups is 1. The molecule has 0 bridgehead atoms. The van der Waals surface area contributed by atoms with Gasteiger partial charge < -0.3 is 20.1 Å². The van der Waals surface area contributed by atoms with Gasteiger partial charge in [-0.25, -0.2) is 0 Å². The van der Waals surface area contributed by atoms with Crippen LogP contribution in [0.25, 0.3) is 0 Å². The highest BCUT2D eigenvalue weighted by molar-refractivity contribution is 5.78. The number of piperidine rings is 1. The number of hydrogen-bond donors (Lipinski definition) is 2. The maximum Gasteiger partial charge on any atom is 0.222 e. The van der Waals surface area contributed by atoms with Crippen molar-refractivity contribution in [2.45, 2.75) is 45.8 Å². The van der Waals surface area contributed by atoms with Crippen LogP contribution in [0.5, 0.6) is 0 Å². The fourth-order valence-corrected chi connectivity index (χ4v) is 2.23. The number of amides is 1. The molecule has 2 N–H and O–H groups in total. The van der Waals surface area contributed by atoms with E-state index in [-0.39, 0.29) is 17.9 Å². The zero-order valence-corrected chi connectivity index (χ0v) is 12.4. The van der Waals surface area contributed by atoms with Crippen LogP contribution in [0.4, 0.5) is 0 Å². The summed E-state index contributed by atoms with van der Waals surface area (Å²) in [7, 11) is 0. The van der Waals surface area contributed by atoms with Gasteiger partial charge in [0.25, 0.3) is 0 Å². The van der Waals surface area contributed by atoms with Crippen LogP contribution in [0.2, 0.25) is 0 Å². The van der Waals surface area contributed by atoms with E-state index >= 15 is 0 Å². The Morgan fingerprint density at radius 1 is 1.42 bits per heavy atom.